The Balaban J connectivity index is 5.32. The topological polar surface area (TPSA) is 44.8 Å². The molecule has 0 aliphatic rings. The molecule has 0 amide bonds. The summed E-state index contributed by atoms with van der Waals surface area (Å²) in [4.78, 5) is 0. The van der Waals surface area contributed by atoms with Crippen molar-refractivity contribution < 1.29 is 18.0 Å². The van der Waals surface area contributed by atoms with E-state index in [1.54, 1.807) is 0 Å². The summed E-state index contributed by atoms with van der Waals surface area (Å²) in [7, 11) is -5.07. The molecule has 0 N–H and O–H groups in total. The predicted molar refractivity (Wildman–Crippen MR) is 78.5 cm³/mol. The van der Waals surface area contributed by atoms with Gasteiger partial charge in [-0.25, -0.2) is 0 Å². The fourth-order valence-electron chi connectivity index (χ4n) is 1.58. The minimum absolute atomic E-state index is 0.292. The lowest BCUT2D eigenvalue weighted by Crippen LogP contribution is -2.40. The predicted octanol–water partition coefficient (Wildman–Crippen LogP) is 4.48. The Bertz CT molecular complexity index is 283. The number of hydrogen-bond donors (Lipinski definition) is 0. The van der Waals surface area contributed by atoms with Gasteiger partial charge in [0.1, 0.15) is 0 Å². The molecular weight excluding hydrogens is 267 g/mol. The van der Waals surface area contributed by atoms with E-state index in [2.05, 4.69) is 19.6 Å². The van der Waals surface area contributed by atoms with Crippen LogP contribution in [0.5, 0.6) is 0 Å². The molecule has 0 heterocycles. The van der Waals surface area contributed by atoms with Gasteiger partial charge in [-0.3, -0.25) is 4.57 Å². The van der Waals surface area contributed by atoms with Gasteiger partial charge in [0.15, 0.2) is 14.2 Å². The third-order valence-corrected chi connectivity index (χ3v) is 5.94. The van der Waals surface area contributed by atoms with Crippen molar-refractivity contribution in [2.75, 3.05) is 13.2 Å². The molecule has 18 heavy (non-hydrogen) atoms. The van der Waals surface area contributed by atoms with E-state index in [4.69, 9.17) is 13.5 Å². The molecule has 0 aliphatic carbocycles. The van der Waals surface area contributed by atoms with Gasteiger partial charge in [0.05, 0.1) is 13.2 Å². The molecule has 4 nitrogen and oxygen atoms in total. The van der Waals surface area contributed by atoms with Crippen LogP contribution in [0.15, 0.2) is 0 Å². The summed E-state index contributed by atoms with van der Waals surface area (Å²) in [5, 5.41) is 0. The maximum atomic E-state index is 12.9. The van der Waals surface area contributed by atoms with Crippen molar-refractivity contribution in [3.63, 3.8) is 0 Å². The van der Waals surface area contributed by atoms with Gasteiger partial charge in [-0.05, 0) is 38.9 Å². The highest BCUT2D eigenvalue weighted by atomic mass is 31.2. The molecule has 110 valence electrons. The summed E-state index contributed by atoms with van der Waals surface area (Å²) in [6.45, 7) is 16.6. The van der Waals surface area contributed by atoms with E-state index in [-0.39, 0.29) is 5.41 Å². The smallest absolute Gasteiger partial charge is 0.358 e. The molecule has 0 bridgehead atoms. The Labute approximate surface area is 113 Å². The average Bonchev–Trinajstić information content (AvgIpc) is 2.12. The first kappa shape index (κ1) is 18.3. The van der Waals surface area contributed by atoms with Gasteiger partial charge >= 0.3 is 7.60 Å². The van der Waals surface area contributed by atoms with Crippen LogP contribution in [0.1, 0.15) is 34.6 Å². The van der Waals surface area contributed by atoms with Crippen LogP contribution in [-0.4, -0.2) is 27.4 Å². The molecule has 0 fully saturated rings. The highest BCUT2D eigenvalue weighted by molar-refractivity contribution is 7.54. The van der Waals surface area contributed by atoms with Crippen LogP contribution in [-0.2, 0) is 18.0 Å². The molecule has 0 saturated heterocycles. The zero-order valence-electron chi connectivity index (χ0n) is 13.1. The molecule has 6 heteroatoms. The molecule has 0 rings (SSSR count). The van der Waals surface area contributed by atoms with Gasteiger partial charge in [-0.1, -0.05) is 20.8 Å². The van der Waals surface area contributed by atoms with Gasteiger partial charge in [-0.15, -0.1) is 0 Å². The van der Waals surface area contributed by atoms with Crippen LogP contribution in [0, 0.1) is 5.41 Å². The molecule has 0 aliphatic heterocycles. The summed E-state index contributed by atoms with van der Waals surface area (Å²) in [6.07, 6.45) is 0. The molecule has 0 saturated carbocycles. The second kappa shape index (κ2) is 6.66. The van der Waals surface area contributed by atoms with E-state index in [0.29, 0.717) is 13.2 Å². The third kappa shape index (κ3) is 5.98. The summed E-state index contributed by atoms with van der Waals surface area (Å²) in [6, 6.07) is 0. The Morgan fingerprint density at radius 2 is 1.44 bits per heavy atom. The molecular formula is C12H29O4PSi. The van der Waals surface area contributed by atoms with E-state index < -0.39 is 21.8 Å². The minimum atomic E-state index is -3.23. The van der Waals surface area contributed by atoms with Gasteiger partial charge in [-0.2, -0.15) is 0 Å². The summed E-state index contributed by atoms with van der Waals surface area (Å²) < 4.78 is 29.9. The highest BCUT2D eigenvalue weighted by Crippen LogP contribution is 2.59. The summed E-state index contributed by atoms with van der Waals surface area (Å²) in [5.41, 5.74) is -0.292. The van der Waals surface area contributed by atoms with Crippen LogP contribution in [0.2, 0.25) is 19.6 Å². The fraction of sp³-hybridized carbons (Fsp3) is 1.00. The lowest BCUT2D eigenvalue weighted by Gasteiger charge is -2.39. The van der Waals surface area contributed by atoms with Gasteiger partial charge in [0.25, 0.3) is 0 Å². The van der Waals surface area contributed by atoms with E-state index in [9.17, 15) is 4.57 Å². The van der Waals surface area contributed by atoms with Crippen LogP contribution in [0.25, 0.3) is 0 Å². The van der Waals surface area contributed by atoms with Crippen molar-refractivity contribution in [3.05, 3.63) is 0 Å². The number of hydrogen-bond acceptors (Lipinski definition) is 4. The molecule has 0 radical (unpaired) electrons. The second-order valence-corrected chi connectivity index (χ2v) is 12.8. The maximum Gasteiger partial charge on any atom is 0.358 e. The lowest BCUT2D eigenvalue weighted by molar-refractivity contribution is 0.0935. The average molecular weight is 296 g/mol. The normalized spacial score (nSPS) is 15.8. The third-order valence-electron chi connectivity index (χ3n) is 2.11. The Morgan fingerprint density at radius 1 is 1.06 bits per heavy atom. The largest absolute Gasteiger partial charge is 0.403 e. The number of rotatable bonds is 7. The van der Waals surface area contributed by atoms with Crippen molar-refractivity contribution in [1.82, 2.24) is 0 Å². The summed E-state index contributed by atoms with van der Waals surface area (Å²) in [5.74, 6) is -0.517. The van der Waals surface area contributed by atoms with Crippen molar-refractivity contribution in [3.8, 4) is 0 Å². The van der Waals surface area contributed by atoms with Crippen molar-refractivity contribution in [1.29, 1.82) is 0 Å². The first-order valence-corrected chi connectivity index (χ1v) is 11.5. The van der Waals surface area contributed by atoms with Gasteiger partial charge < -0.3 is 13.5 Å². The molecule has 0 aromatic heterocycles. The van der Waals surface area contributed by atoms with Crippen LogP contribution in [0.3, 0.4) is 0 Å². The Hall–Kier alpha value is 0.327. The van der Waals surface area contributed by atoms with E-state index in [1.807, 2.05) is 34.6 Å². The fourth-order valence-corrected chi connectivity index (χ4v) is 6.09. The first-order valence-electron chi connectivity index (χ1n) is 6.53. The maximum absolute atomic E-state index is 12.9. The molecule has 0 spiro atoms. The van der Waals surface area contributed by atoms with Crippen LogP contribution in [0.4, 0.5) is 0 Å². The zero-order chi connectivity index (χ0) is 14.6. The molecule has 0 aromatic rings. The van der Waals surface area contributed by atoms with E-state index in [0.717, 1.165) is 0 Å². The first-order chi connectivity index (χ1) is 7.96. The summed E-state index contributed by atoms with van der Waals surface area (Å²) >= 11 is 0. The zero-order valence-corrected chi connectivity index (χ0v) is 15.0. The van der Waals surface area contributed by atoms with Crippen molar-refractivity contribution >= 4 is 15.9 Å². The highest BCUT2D eigenvalue weighted by Gasteiger charge is 2.46. The standard InChI is InChI=1S/C12H29O4PSi/c1-9-14-17(13,15-10-2)11(12(3,4)5)16-18(6,7)8/h11H,9-10H2,1-8H3. The van der Waals surface area contributed by atoms with E-state index in [1.165, 1.54) is 0 Å². The van der Waals surface area contributed by atoms with Crippen LogP contribution >= 0.6 is 7.60 Å². The monoisotopic (exact) mass is 296 g/mol. The lowest BCUT2D eigenvalue weighted by atomic mass is 9.98. The molecule has 1 atom stereocenters. The van der Waals surface area contributed by atoms with Gasteiger partial charge in [0.2, 0.25) is 0 Å². The SMILES string of the molecule is CCOP(=O)(OCC)C(O[Si](C)(C)C)C(C)(C)C. The molecule has 0 aromatic carbocycles. The second-order valence-electron chi connectivity index (χ2n) is 6.32. The van der Waals surface area contributed by atoms with Crippen molar-refractivity contribution in [2.45, 2.75) is 60.1 Å². The minimum Gasteiger partial charge on any atom is -0.403 e. The van der Waals surface area contributed by atoms with E-state index >= 15 is 0 Å². The molecule has 1 unspecified atom stereocenters. The Morgan fingerprint density at radius 3 is 1.67 bits per heavy atom. The van der Waals surface area contributed by atoms with Gasteiger partial charge in [0, 0.05) is 0 Å². The van der Waals surface area contributed by atoms with Crippen LogP contribution < -0.4 is 0 Å². The Kier molecular flexibility index (Phi) is 6.78. The van der Waals surface area contributed by atoms with Crippen molar-refractivity contribution in [2.24, 2.45) is 5.41 Å². The quantitative estimate of drug-likeness (QED) is 0.513.